The van der Waals surface area contributed by atoms with Crippen LogP contribution < -0.4 is 5.32 Å². The highest BCUT2D eigenvalue weighted by Crippen LogP contribution is 2.27. The Labute approximate surface area is 222 Å². The summed E-state index contributed by atoms with van der Waals surface area (Å²) >= 11 is 6.18. The van der Waals surface area contributed by atoms with E-state index < -0.39 is 0 Å². The minimum absolute atomic E-state index is 0.0966. The van der Waals surface area contributed by atoms with Crippen LogP contribution in [0.15, 0.2) is 43.0 Å². The van der Waals surface area contributed by atoms with Crippen molar-refractivity contribution >= 4 is 40.1 Å². The minimum atomic E-state index is -0.239. The second-order valence-corrected chi connectivity index (χ2v) is 10.6. The van der Waals surface area contributed by atoms with Gasteiger partial charge >= 0.3 is 0 Å². The maximum Gasteiger partial charge on any atom is 0.254 e. The molecule has 0 spiro atoms. The molecule has 2 saturated heterocycles. The Balaban J connectivity index is 1.35. The van der Waals surface area contributed by atoms with E-state index in [4.69, 9.17) is 16.6 Å². The Kier molecular flexibility index (Phi) is 7.51. The van der Waals surface area contributed by atoms with E-state index in [-0.39, 0.29) is 17.9 Å². The molecule has 0 saturated carbocycles. The van der Waals surface area contributed by atoms with Gasteiger partial charge in [-0.2, -0.15) is 0 Å². The SMILES string of the molecule is C=C(NC(CCC(=O)N1CCCC1)c1nc2ccc(Cl)cc2[nH]1)c1ccc(C(=O)N2CCCC2)c(C)c1. The molecular weight excluding hydrogens is 486 g/mol. The predicted molar refractivity (Wildman–Crippen MR) is 147 cm³/mol. The maximum absolute atomic E-state index is 12.9. The number of rotatable bonds is 8. The second-order valence-electron chi connectivity index (χ2n) is 10.1. The van der Waals surface area contributed by atoms with Crippen molar-refractivity contribution in [3.63, 3.8) is 0 Å². The van der Waals surface area contributed by atoms with Crippen molar-refractivity contribution in [1.29, 1.82) is 0 Å². The van der Waals surface area contributed by atoms with E-state index in [1.54, 1.807) is 0 Å². The molecule has 2 aliphatic heterocycles. The standard InChI is InChI=1S/C29H34ClN5O2/c1-19-17-21(7-9-23(19)29(37)35-15-5-6-16-35)20(2)31-25(11-12-27(36)34-13-3-4-14-34)28-32-24-10-8-22(30)18-26(24)33-28/h7-10,17-18,25,31H,2-6,11-16H2,1H3,(H,32,33). The molecule has 2 N–H and O–H groups in total. The number of imidazole rings is 1. The van der Waals surface area contributed by atoms with Crippen molar-refractivity contribution in [2.45, 2.75) is 51.5 Å². The van der Waals surface area contributed by atoms with Crippen LogP contribution in [0.25, 0.3) is 16.7 Å². The van der Waals surface area contributed by atoms with Crippen molar-refractivity contribution in [1.82, 2.24) is 25.1 Å². The number of hydrogen-bond acceptors (Lipinski definition) is 4. The third-order valence-corrected chi connectivity index (χ3v) is 7.68. The van der Waals surface area contributed by atoms with Crippen molar-refractivity contribution in [2.24, 2.45) is 0 Å². The topological polar surface area (TPSA) is 81.3 Å². The molecule has 3 heterocycles. The van der Waals surface area contributed by atoms with Crippen LogP contribution in [0.2, 0.25) is 5.02 Å². The zero-order chi connectivity index (χ0) is 25.9. The number of aromatic amines is 1. The summed E-state index contributed by atoms with van der Waals surface area (Å²) in [6.07, 6.45) is 5.28. The summed E-state index contributed by atoms with van der Waals surface area (Å²) in [4.78, 5) is 37.7. The number of carbonyl (C=O) groups excluding carboxylic acids is 2. The Morgan fingerprint density at radius 2 is 1.76 bits per heavy atom. The lowest BCUT2D eigenvalue weighted by Gasteiger charge is -2.22. The number of likely N-dealkylation sites (tertiary alicyclic amines) is 2. The first-order valence-corrected chi connectivity index (χ1v) is 13.6. The second kappa shape index (κ2) is 11.0. The van der Waals surface area contributed by atoms with Gasteiger partial charge in [0.05, 0.1) is 17.1 Å². The van der Waals surface area contributed by atoms with E-state index in [2.05, 4.69) is 16.9 Å². The summed E-state index contributed by atoms with van der Waals surface area (Å²) in [5.41, 5.74) is 4.97. The molecule has 2 fully saturated rings. The van der Waals surface area contributed by atoms with Gasteiger partial charge in [-0.15, -0.1) is 0 Å². The number of hydrogen-bond donors (Lipinski definition) is 2. The van der Waals surface area contributed by atoms with Gasteiger partial charge in [0.1, 0.15) is 5.82 Å². The molecule has 2 aromatic carbocycles. The lowest BCUT2D eigenvalue weighted by Crippen LogP contribution is -2.29. The smallest absolute Gasteiger partial charge is 0.254 e. The van der Waals surface area contributed by atoms with Gasteiger partial charge in [-0.3, -0.25) is 9.59 Å². The molecule has 5 rings (SSSR count). The van der Waals surface area contributed by atoms with Crippen LogP contribution >= 0.6 is 11.6 Å². The number of carbonyl (C=O) groups is 2. The maximum atomic E-state index is 12.9. The van der Waals surface area contributed by atoms with E-state index in [0.29, 0.717) is 17.9 Å². The molecule has 0 bridgehead atoms. The monoisotopic (exact) mass is 519 g/mol. The molecule has 194 valence electrons. The number of amides is 2. The highest BCUT2D eigenvalue weighted by atomic mass is 35.5. The zero-order valence-corrected chi connectivity index (χ0v) is 22.1. The first-order valence-electron chi connectivity index (χ1n) is 13.2. The minimum Gasteiger partial charge on any atom is -0.375 e. The quantitative estimate of drug-likeness (QED) is 0.414. The Morgan fingerprint density at radius 3 is 2.46 bits per heavy atom. The number of nitrogens with zero attached hydrogens (tertiary/aromatic N) is 3. The summed E-state index contributed by atoms with van der Waals surface area (Å²) in [6, 6.07) is 11.2. The van der Waals surface area contributed by atoms with Gasteiger partial charge in [-0.25, -0.2) is 4.98 Å². The van der Waals surface area contributed by atoms with Crippen LogP contribution in [0.3, 0.4) is 0 Å². The van der Waals surface area contributed by atoms with Gasteiger partial charge in [0.15, 0.2) is 0 Å². The Hall–Kier alpha value is -3.32. The summed E-state index contributed by atoms with van der Waals surface area (Å²) in [5, 5.41) is 4.15. The van der Waals surface area contributed by atoms with Crippen LogP contribution in [0, 0.1) is 6.92 Å². The van der Waals surface area contributed by atoms with Gasteiger partial charge in [0.25, 0.3) is 5.91 Å². The van der Waals surface area contributed by atoms with Crippen LogP contribution in [0.4, 0.5) is 0 Å². The van der Waals surface area contributed by atoms with Crippen molar-refractivity contribution in [3.05, 3.63) is 70.5 Å². The Bertz CT molecular complexity index is 1320. The first-order chi connectivity index (χ1) is 17.9. The fourth-order valence-corrected chi connectivity index (χ4v) is 5.48. The fraction of sp³-hybridized carbons (Fsp3) is 0.414. The van der Waals surface area contributed by atoms with Gasteiger partial charge in [-0.1, -0.05) is 24.2 Å². The third kappa shape index (κ3) is 5.67. The molecule has 1 unspecified atom stereocenters. The molecule has 8 heteroatoms. The van der Waals surface area contributed by atoms with Crippen molar-refractivity contribution in [2.75, 3.05) is 26.2 Å². The average Bonchev–Trinajstić information content (AvgIpc) is 3.67. The fourth-order valence-electron chi connectivity index (χ4n) is 5.31. The van der Waals surface area contributed by atoms with E-state index in [9.17, 15) is 9.59 Å². The highest BCUT2D eigenvalue weighted by Gasteiger charge is 2.24. The molecular formula is C29H34ClN5O2. The third-order valence-electron chi connectivity index (χ3n) is 7.44. The molecule has 3 aromatic rings. The van der Waals surface area contributed by atoms with Crippen LogP contribution in [-0.4, -0.2) is 57.8 Å². The van der Waals surface area contributed by atoms with Crippen molar-refractivity contribution < 1.29 is 9.59 Å². The number of nitrogens with one attached hydrogen (secondary N) is 2. The predicted octanol–water partition coefficient (Wildman–Crippen LogP) is 5.46. The number of halogens is 1. The lowest BCUT2D eigenvalue weighted by molar-refractivity contribution is -0.130. The van der Waals surface area contributed by atoms with Crippen LogP contribution in [0.5, 0.6) is 0 Å². The van der Waals surface area contributed by atoms with Crippen LogP contribution in [-0.2, 0) is 4.79 Å². The number of aryl methyl sites for hydroxylation is 1. The zero-order valence-electron chi connectivity index (χ0n) is 21.4. The largest absolute Gasteiger partial charge is 0.375 e. The molecule has 1 aromatic heterocycles. The molecule has 0 aliphatic carbocycles. The molecule has 2 aliphatic rings. The van der Waals surface area contributed by atoms with E-state index in [1.807, 2.05) is 53.1 Å². The van der Waals surface area contributed by atoms with Gasteiger partial charge in [-0.05, 0) is 80.5 Å². The van der Waals surface area contributed by atoms with E-state index in [0.717, 1.165) is 91.1 Å². The molecule has 0 radical (unpaired) electrons. The van der Waals surface area contributed by atoms with Gasteiger partial charge in [0, 0.05) is 48.9 Å². The number of benzene rings is 2. The van der Waals surface area contributed by atoms with Crippen molar-refractivity contribution in [3.8, 4) is 0 Å². The summed E-state index contributed by atoms with van der Waals surface area (Å²) in [6.45, 7) is 9.60. The normalized spacial score (nSPS) is 16.4. The lowest BCUT2D eigenvalue weighted by atomic mass is 10.0. The van der Waals surface area contributed by atoms with Gasteiger partial charge in [0.2, 0.25) is 5.91 Å². The number of fused-ring (bicyclic) bond motifs is 1. The molecule has 37 heavy (non-hydrogen) atoms. The summed E-state index contributed by atoms with van der Waals surface area (Å²) in [5.74, 6) is 1.01. The first kappa shape index (κ1) is 25.3. The number of H-pyrrole nitrogens is 1. The summed E-state index contributed by atoms with van der Waals surface area (Å²) < 4.78 is 0. The van der Waals surface area contributed by atoms with Gasteiger partial charge < -0.3 is 20.1 Å². The average molecular weight is 520 g/mol. The van der Waals surface area contributed by atoms with E-state index in [1.165, 1.54) is 0 Å². The Morgan fingerprint density at radius 1 is 1.05 bits per heavy atom. The molecule has 2 amide bonds. The van der Waals surface area contributed by atoms with E-state index >= 15 is 0 Å². The number of aromatic nitrogens is 2. The highest BCUT2D eigenvalue weighted by molar-refractivity contribution is 6.31. The molecule has 1 atom stereocenters. The summed E-state index contributed by atoms with van der Waals surface area (Å²) in [7, 11) is 0. The van der Waals surface area contributed by atoms with Crippen LogP contribution in [0.1, 0.15) is 71.9 Å². The molecule has 7 nitrogen and oxygen atoms in total.